The second-order valence-corrected chi connectivity index (χ2v) is 12.0. The van der Waals surface area contributed by atoms with Crippen molar-refractivity contribution in [2.75, 3.05) is 13.4 Å². The predicted octanol–water partition coefficient (Wildman–Crippen LogP) is 7.90. The van der Waals surface area contributed by atoms with Crippen LogP contribution in [0.3, 0.4) is 0 Å². The zero-order valence-electron chi connectivity index (χ0n) is 22.9. The van der Waals surface area contributed by atoms with Crippen molar-refractivity contribution < 1.29 is 62.2 Å². The molecule has 3 aromatic carbocycles. The van der Waals surface area contributed by atoms with Crippen molar-refractivity contribution in [2.24, 2.45) is 0 Å². The molecule has 1 aliphatic rings. The first-order valence-electron chi connectivity index (χ1n) is 12.5. The van der Waals surface area contributed by atoms with Crippen LogP contribution < -0.4 is 4.74 Å². The number of ether oxygens (including phenoxy) is 2. The van der Waals surface area contributed by atoms with Gasteiger partial charge >= 0.3 is 24.6 Å². The number of carbonyl (C=O) groups excluding carboxylic acids is 1. The number of hydrogen-bond acceptors (Lipinski definition) is 5. The molecule has 1 saturated heterocycles. The smallest absolute Gasteiger partial charge is 0.416 e. The Kier molecular flexibility index (Phi) is 8.39. The molecule has 0 aromatic heterocycles. The highest BCUT2D eigenvalue weighted by Gasteiger charge is 2.44. The van der Waals surface area contributed by atoms with Gasteiger partial charge in [0, 0.05) is 11.8 Å². The van der Waals surface area contributed by atoms with E-state index in [0.717, 1.165) is 29.4 Å². The molecule has 0 unspecified atom stereocenters. The summed E-state index contributed by atoms with van der Waals surface area (Å²) < 4.78 is 157. The third-order valence-electron chi connectivity index (χ3n) is 6.99. The predicted molar refractivity (Wildman–Crippen MR) is 137 cm³/mol. The van der Waals surface area contributed by atoms with Gasteiger partial charge in [0.05, 0.1) is 41.3 Å². The maximum absolute atomic E-state index is 13.7. The van der Waals surface area contributed by atoms with Crippen LogP contribution in [0, 0.1) is 0 Å². The largest absolute Gasteiger partial charge is 0.496 e. The van der Waals surface area contributed by atoms with Gasteiger partial charge < -0.3 is 9.47 Å². The van der Waals surface area contributed by atoms with E-state index in [-0.39, 0.29) is 33.4 Å². The second-order valence-electron chi connectivity index (χ2n) is 10.0. The molecule has 0 saturated carbocycles. The van der Waals surface area contributed by atoms with Gasteiger partial charge in [-0.05, 0) is 72.1 Å². The Labute approximate surface area is 244 Å². The molecule has 4 rings (SSSR count). The molecule has 1 aliphatic heterocycles. The normalized spacial score (nSPS) is 18.0. The number of methoxy groups -OCH3 is 1. The fourth-order valence-corrected chi connectivity index (χ4v) is 5.43. The minimum absolute atomic E-state index is 0.0160. The van der Waals surface area contributed by atoms with Crippen molar-refractivity contribution in [1.29, 1.82) is 0 Å². The van der Waals surface area contributed by atoms with Gasteiger partial charge in [-0.2, -0.15) is 39.5 Å². The second kappa shape index (κ2) is 11.2. The molecule has 2 atom stereocenters. The summed E-state index contributed by atoms with van der Waals surface area (Å²) in [6.45, 7) is 0.605. The summed E-state index contributed by atoms with van der Waals surface area (Å²) in [6, 6.07) is 5.59. The van der Waals surface area contributed by atoms with Crippen LogP contribution in [0.4, 0.5) is 44.3 Å². The van der Waals surface area contributed by atoms with E-state index < -0.39 is 75.4 Å². The Morgan fingerprint density at radius 1 is 0.795 bits per heavy atom. The molecule has 1 heterocycles. The number of carbonyl (C=O) groups is 1. The van der Waals surface area contributed by atoms with E-state index >= 15 is 0 Å². The quantitative estimate of drug-likeness (QED) is 0.253. The maximum Gasteiger partial charge on any atom is 0.416 e. The molecule has 1 fully saturated rings. The number of halogens is 9. The molecule has 44 heavy (non-hydrogen) atoms. The lowest BCUT2D eigenvalue weighted by Crippen LogP contribution is -2.32. The summed E-state index contributed by atoms with van der Waals surface area (Å²) in [5.41, 5.74) is -5.16. The van der Waals surface area contributed by atoms with Gasteiger partial charge in [0.25, 0.3) is 0 Å². The molecular formula is C28H22F9NO5S. The van der Waals surface area contributed by atoms with Gasteiger partial charge in [-0.3, -0.25) is 4.90 Å². The lowest BCUT2D eigenvalue weighted by Gasteiger charge is -2.24. The van der Waals surface area contributed by atoms with E-state index in [9.17, 15) is 52.7 Å². The van der Waals surface area contributed by atoms with Crippen LogP contribution >= 0.6 is 0 Å². The van der Waals surface area contributed by atoms with Crippen LogP contribution in [-0.4, -0.2) is 38.8 Å². The van der Waals surface area contributed by atoms with Gasteiger partial charge in [-0.15, -0.1) is 0 Å². The summed E-state index contributed by atoms with van der Waals surface area (Å²) in [5.74, 6) is 0.0666. The average molecular weight is 656 g/mol. The summed E-state index contributed by atoms with van der Waals surface area (Å²) in [5, 5.41) is 0. The molecule has 0 spiro atoms. The summed E-state index contributed by atoms with van der Waals surface area (Å²) in [4.78, 5) is 13.6. The number of cyclic esters (lactones) is 1. The van der Waals surface area contributed by atoms with Crippen molar-refractivity contribution in [3.63, 3.8) is 0 Å². The highest BCUT2D eigenvalue weighted by Crippen LogP contribution is 2.43. The first-order chi connectivity index (χ1) is 20.1. The minimum Gasteiger partial charge on any atom is -0.496 e. The van der Waals surface area contributed by atoms with E-state index in [1.54, 1.807) is 0 Å². The molecule has 0 radical (unpaired) electrons. The fraction of sp³-hybridized carbons (Fsp3) is 0.321. The van der Waals surface area contributed by atoms with E-state index in [1.165, 1.54) is 26.2 Å². The molecule has 3 aromatic rings. The number of sulfone groups is 1. The molecule has 1 amide bonds. The van der Waals surface area contributed by atoms with E-state index in [0.29, 0.717) is 18.2 Å². The van der Waals surface area contributed by atoms with Crippen LogP contribution in [0.2, 0.25) is 0 Å². The fourth-order valence-electron chi connectivity index (χ4n) is 4.78. The van der Waals surface area contributed by atoms with E-state index in [4.69, 9.17) is 9.47 Å². The van der Waals surface area contributed by atoms with Crippen LogP contribution in [0.15, 0.2) is 59.5 Å². The number of alkyl halides is 9. The molecule has 6 nitrogen and oxygen atoms in total. The summed E-state index contributed by atoms with van der Waals surface area (Å²) in [7, 11) is -2.56. The number of nitrogens with zero attached hydrogens (tertiary/aromatic N) is 1. The standard InChI is InChI=1S/C28H22F9NO5S/c1-14-24(15-8-18(27(32,33)34)11-19(9-15)28(35,36)37)43-25(39)38(14)13-16-10-17(26(29,30)31)4-6-21(16)22-12-20(44(3,40)41)5-7-23(22)42-2/h4-12,14,24H,13H2,1-3H3/t14-,24-/m0/s1. The topological polar surface area (TPSA) is 72.9 Å². The molecule has 16 heteroatoms. The van der Waals surface area contributed by atoms with Crippen molar-refractivity contribution in [1.82, 2.24) is 4.90 Å². The maximum atomic E-state index is 13.7. The van der Waals surface area contributed by atoms with Gasteiger partial charge in [-0.1, -0.05) is 6.07 Å². The van der Waals surface area contributed by atoms with E-state index in [2.05, 4.69) is 0 Å². The third kappa shape index (κ3) is 6.74. The monoisotopic (exact) mass is 655 g/mol. The lowest BCUT2D eigenvalue weighted by atomic mass is 9.95. The first kappa shape index (κ1) is 33.0. The van der Waals surface area contributed by atoms with E-state index in [1.807, 2.05) is 0 Å². The molecule has 0 N–H and O–H groups in total. The van der Waals surface area contributed by atoms with Gasteiger partial charge in [0.15, 0.2) is 9.84 Å². The number of hydrogen-bond donors (Lipinski definition) is 0. The number of benzene rings is 3. The SMILES string of the molecule is COc1ccc(S(C)(=O)=O)cc1-c1ccc(C(F)(F)F)cc1CN1C(=O)O[C@H](c2cc(C(F)(F)F)cc(C(F)(F)F)c2)[C@@H]1C. The Morgan fingerprint density at radius 3 is 1.86 bits per heavy atom. The zero-order valence-corrected chi connectivity index (χ0v) is 23.7. The van der Waals surface area contributed by atoms with Crippen molar-refractivity contribution in [3.05, 3.63) is 82.4 Å². The van der Waals surface area contributed by atoms with Crippen LogP contribution in [0.25, 0.3) is 11.1 Å². The summed E-state index contributed by atoms with van der Waals surface area (Å²) >= 11 is 0. The lowest BCUT2D eigenvalue weighted by molar-refractivity contribution is -0.143. The van der Waals surface area contributed by atoms with Crippen molar-refractivity contribution in [3.8, 4) is 16.9 Å². The van der Waals surface area contributed by atoms with Crippen molar-refractivity contribution >= 4 is 15.9 Å². The first-order valence-corrected chi connectivity index (χ1v) is 14.4. The molecule has 0 aliphatic carbocycles. The van der Waals surface area contributed by atoms with Crippen molar-refractivity contribution in [2.45, 2.75) is 49.0 Å². The number of rotatable bonds is 6. The Morgan fingerprint density at radius 2 is 1.36 bits per heavy atom. The highest BCUT2D eigenvalue weighted by molar-refractivity contribution is 7.90. The molecule has 238 valence electrons. The van der Waals surface area contributed by atoms with Gasteiger partial charge in [0.1, 0.15) is 11.9 Å². The molecular weight excluding hydrogens is 633 g/mol. The van der Waals surface area contributed by atoms with Gasteiger partial charge in [0.2, 0.25) is 0 Å². The highest BCUT2D eigenvalue weighted by atomic mass is 32.2. The number of amides is 1. The summed E-state index contributed by atoms with van der Waals surface area (Å²) in [6.07, 6.45) is -17.1. The molecule has 0 bridgehead atoms. The minimum atomic E-state index is -5.17. The Hall–Kier alpha value is -3.95. The van der Waals surface area contributed by atoms with Crippen LogP contribution in [0.5, 0.6) is 5.75 Å². The zero-order chi connectivity index (χ0) is 33.0. The Balaban J connectivity index is 1.82. The van der Waals surface area contributed by atoms with Crippen LogP contribution in [-0.2, 0) is 39.6 Å². The average Bonchev–Trinajstić information content (AvgIpc) is 3.19. The third-order valence-corrected chi connectivity index (χ3v) is 8.10. The van der Waals surface area contributed by atoms with Gasteiger partial charge in [-0.25, -0.2) is 13.2 Å². The Bertz CT molecular complexity index is 1670. The van der Waals surface area contributed by atoms with Crippen LogP contribution in [0.1, 0.15) is 40.8 Å².